The van der Waals surface area contributed by atoms with E-state index in [1.807, 2.05) is 0 Å². The molecule has 20 nitrogen and oxygen atoms in total. The predicted molar refractivity (Wildman–Crippen MR) is 245 cm³/mol. The molecule has 362 valence electrons. The van der Waals surface area contributed by atoms with E-state index in [-0.39, 0.29) is 93.9 Å². The van der Waals surface area contributed by atoms with Crippen molar-refractivity contribution in [2.24, 2.45) is 4.99 Å². The molecule has 2 atom stereocenters. The van der Waals surface area contributed by atoms with Crippen molar-refractivity contribution in [1.29, 1.82) is 0 Å². The first-order valence-electron chi connectivity index (χ1n) is 20.8. The average molecular weight is 1020 g/mol. The van der Waals surface area contributed by atoms with Gasteiger partial charge in [0.2, 0.25) is 5.78 Å². The van der Waals surface area contributed by atoms with Crippen molar-refractivity contribution < 1.29 is 81.6 Å². The number of Topliss-reactive ketones (excluding diaryl/α,β-unsaturated/α-hetero) is 1. The van der Waals surface area contributed by atoms with Gasteiger partial charge in [-0.25, -0.2) is 0 Å². The van der Waals surface area contributed by atoms with E-state index in [1.54, 1.807) is 13.8 Å². The van der Waals surface area contributed by atoms with E-state index in [4.69, 9.17) is 4.99 Å². The van der Waals surface area contributed by atoms with Crippen molar-refractivity contribution in [2.45, 2.75) is 108 Å². The summed E-state index contributed by atoms with van der Waals surface area (Å²) in [7, 11) is -20.3. The number of aliphatic hydroxyl groups excluding tert-OH is 1. The zero-order valence-corrected chi connectivity index (χ0v) is 39.3. The first-order chi connectivity index (χ1) is 31.5. The van der Waals surface area contributed by atoms with Crippen LogP contribution in [0.1, 0.15) is 89.2 Å². The van der Waals surface area contributed by atoms with Crippen LogP contribution in [0, 0.1) is 0 Å². The summed E-state index contributed by atoms with van der Waals surface area (Å²) in [4.78, 5) is 38.1. The molecule has 2 unspecified atom stereocenters. The number of carbonyl (C=O) groups is 3. The second-order valence-corrected chi connectivity index (χ2v) is 22.9. The fraction of sp³-hybridized carbons (Fsp3) is 0.318. The van der Waals surface area contributed by atoms with Crippen LogP contribution in [-0.2, 0) is 65.7 Å². The summed E-state index contributed by atoms with van der Waals surface area (Å²) in [5.41, 5.74) is -1.51. The first kappa shape index (κ1) is 50.0. The van der Waals surface area contributed by atoms with Crippen LogP contribution in [0.3, 0.4) is 0 Å². The fourth-order valence-corrected chi connectivity index (χ4v) is 12.1. The molecular formula is C44H44N2O18S4. The number of rotatable bonds is 18. The summed E-state index contributed by atoms with van der Waals surface area (Å²) in [6, 6.07) is 8.73. The number of hydrogen-bond donors (Lipinski definition) is 8. The highest BCUT2D eigenvalue weighted by molar-refractivity contribution is 7.87. The number of aliphatic imine (C=N–C) groups is 1. The van der Waals surface area contributed by atoms with E-state index in [1.165, 1.54) is 36.4 Å². The van der Waals surface area contributed by atoms with E-state index in [0.29, 0.717) is 49.1 Å². The van der Waals surface area contributed by atoms with Gasteiger partial charge in [-0.3, -0.25) is 37.6 Å². The molecule has 2 aliphatic heterocycles. The number of carboxylic acids is 2. The third-order valence-electron chi connectivity index (χ3n) is 12.7. The van der Waals surface area contributed by atoms with Gasteiger partial charge in [-0.1, -0.05) is 37.8 Å². The van der Waals surface area contributed by atoms with Crippen molar-refractivity contribution in [3.8, 4) is 0 Å². The number of unbranched alkanes of at least 4 members (excludes halogenated alkanes) is 4. The number of carboxylic acid groups (broad SMARTS) is 2. The highest BCUT2D eigenvalue weighted by Crippen LogP contribution is 2.53. The van der Waals surface area contributed by atoms with Crippen LogP contribution in [0.15, 0.2) is 108 Å². The molecule has 0 aromatic heterocycles. The number of nitrogens with zero attached hydrogens (tertiary/aromatic N) is 1. The number of fused-ring (bicyclic) bond motifs is 6. The Labute approximate surface area is 389 Å². The Balaban J connectivity index is 1.35. The molecule has 2 heterocycles. The van der Waals surface area contributed by atoms with Crippen LogP contribution >= 0.6 is 0 Å². The van der Waals surface area contributed by atoms with Gasteiger partial charge in [0, 0.05) is 45.8 Å². The van der Waals surface area contributed by atoms with Gasteiger partial charge in [0.1, 0.15) is 15.6 Å². The molecule has 0 amide bonds. The zero-order chi connectivity index (χ0) is 50.1. The molecule has 0 saturated heterocycles. The van der Waals surface area contributed by atoms with Gasteiger partial charge < -0.3 is 20.6 Å². The lowest BCUT2D eigenvalue weighted by atomic mass is 9.72. The largest absolute Gasteiger partial charge is 0.506 e. The minimum Gasteiger partial charge on any atom is -0.506 e. The number of hydrogen-bond acceptors (Lipinski definition) is 14. The molecule has 3 aliphatic rings. The second kappa shape index (κ2) is 17.6. The maximum atomic E-state index is 14.2. The van der Waals surface area contributed by atoms with Crippen molar-refractivity contribution in [3.63, 3.8) is 0 Å². The lowest BCUT2D eigenvalue weighted by molar-refractivity contribution is -0.138. The molecule has 4 aromatic rings. The average Bonchev–Trinajstić information content (AvgIpc) is 3.68. The normalized spacial score (nSPS) is 20.7. The summed E-state index contributed by atoms with van der Waals surface area (Å²) < 4.78 is 140. The van der Waals surface area contributed by atoms with Gasteiger partial charge in [-0.2, -0.15) is 33.7 Å². The Bertz CT molecular complexity index is 3500. The van der Waals surface area contributed by atoms with E-state index >= 15 is 0 Å². The zero-order valence-electron chi connectivity index (χ0n) is 36.0. The van der Waals surface area contributed by atoms with Gasteiger partial charge in [0.15, 0.2) is 0 Å². The molecular weight excluding hydrogens is 973 g/mol. The van der Waals surface area contributed by atoms with Crippen LogP contribution in [0.2, 0.25) is 0 Å². The van der Waals surface area contributed by atoms with Crippen molar-refractivity contribution in [3.05, 3.63) is 94.4 Å². The Morgan fingerprint density at radius 2 is 1.10 bits per heavy atom. The van der Waals surface area contributed by atoms with Crippen LogP contribution in [0.25, 0.3) is 21.5 Å². The van der Waals surface area contributed by atoms with Crippen LogP contribution in [-0.4, -0.2) is 90.6 Å². The highest BCUT2D eigenvalue weighted by Gasteiger charge is 2.45. The van der Waals surface area contributed by atoms with Crippen molar-refractivity contribution in [2.75, 3.05) is 5.32 Å². The molecule has 68 heavy (non-hydrogen) atoms. The molecule has 0 fully saturated rings. The topological polar surface area (TPSA) is 354 Å². The third-order valence-corrected chi connectivity index (χ3v) is 16.2. The Morgan fingerprint density at radius 3 is 1.57 bits per heavy atom. The molecule has 0 spiro atoms. The molecule has 8 N–H and O–H groups in total. The highest BCUT2D eigenvalue weighted by atomic mass is 32.2. The Morgan fingerprint density at radius 1 is 0.618 bits per heavy atom. The van der Waals surface area contributed by atoms with Crippen LogP contribution in [0.5, 0.6) is 0 Å². The van der Waals surface area contributed by atoms with Gasteiger partial charge in [0.05, 0.1) is 32.3 Å². The van der Waals surface area contributed by atoms with Crippen LogP contribution in [0.4, 0.5) is 11.4 Å². The van der Waals surface area contributed by atoms with Crippen LogP contribution < -0.4 is 5.32 Å². The van der Waals surface area contributed by atoms with Crippen molar-refractivity contribution >= 4 is 96.8 Å². The summed E-state index contributed by atoms with van der Waals surface area (Å²) in [5, 5.41) is 33.0. The fourth-order valence-electron chi connectivity index (χ4n) is 9.39. The number of anilines is 1. The van der Waals surface area contributed by atoms with E-state index in [9.17, 15) is 81.6 Å². The van der Waals surface area contributed by atoms with Gasteiger partial charge in [0.25, 0.3) is 40.5 Å². The molecule has 0 bridgehead atoms. The summed E-state index contributed by atoms with van der Waals surface area (Å²) in [5.74, 6) is -3.24. The first-order valence-corrected chi connectivity index (χ1v) is 26.6. The maximum Gasteiger partial charge on any atom is 0.303 e. The monoisotopic (exact) mass is 1020 g/mol. The SMILES string of the molecule is CC1(CCCCCC(=O)O)C(/C=C2\C(=O)C(/C=C3\Nc4ccc5c(S(=O)(=O)O)cc(S(=O)(=O)O)cc5c4C3(C)CCCCCC(=O)O)=C2O)=Nc2ccc3c(S(=O)(=O)O)cc(S(=O)(=O)O)cc3c21. The molecule has 4 aromatic carbocycles. The summed E-state index contributed by atoms with van der Waals surface area (Å²) >= 11 is 0. The smallest absolute Gasteiger partial charge is 0.303 e. The number of benzene rings is 4. The lowest BCUT2D eigenvalue weighted by Gasteiger charge is -2.30. The quantitative estimate of drug-likeness (QED) is 0.0283. The maximum absolute atomic E-state index is 14.2. The summed E-state index contributed by atoms with van der Waals surface area (Å²) in [6.45, 7) is 3.36. The minimum absolute atomic E-state index is 0.00564. The lowest BCUT2D eigenvalue weighted by Crippen LogP contribution is -2.31. The number of aliphatic carboxylic acids is 2. The number of allylic oxidation sites excluding steroid dienone is 5. The number of nitrogens with one attached hydrogen (secondary N) is 1. The van der Waals surface area contributed by atoms with E-state index < -0.39 is 94.4 Å². The van der Waals surface area contributed by atoms with Gasteiger partial charge in [-0.15, -0.1) is 0 Å². The second-order valence-electron chi connectivity index (χ2n) is 17.3. The Hall–Kier alpha value is -5.86. The van der Waals surface area contributed by atoms with E-state index in [2.05, 4.69) is 5.32 Å². The number of ketones is 1. The predicted octanol–water partition coefficient (Wildman–Crippen LogP) is 6.98. The molecule has 0 saturated carbocycles. The molecule has 7 rings (SSSR count). The minimum atomic E-state index is -5.09. The van der Waals surface area contributed by atoms with E-state index in [0.717, 1.165) is 12.1 Å². The number of aliphatic hydroxyl groups is 1. The standard InChI is InChI=1S/C44H44N2O18S4/c1-43(15-7-3-5-9-37(47)48)35(45-31-13-11-25-27(39(31)43)17-23(65(53,54)55)19-33(25)67(59,60)61)21-29-41(51)30(42(29)52)22-36-44(2,16-8-4-6-10-38(49)50)40-28-18-24(66(56,57)58)20-34(68(62,63)64)26(28)12-14-32(40)46-36/h11-14,17-22,45,51H,3-10,15-16H2,1-2H3,(H,47,48)(H,49,50)(H,53,54,55)(H,56,57,58)(H,59,60,61)(H,62,63,64)/b30-22-,35-21-. The number of carbonyl (C=O) groups excluding carboxylic acids is 1. The molecule has 1 aliphatic carbocycles. The Kier molecular flexibility index (Phi) is 12.9. The molecule has 0 radical (unpaired) electrons. The third kappa shape index (κ3) is 9.33. The van der Waals surface area contributed by atoms with Gasteiger partial charge in [-0.05, 0) is 110 Å². The molecule has 24 heteroatoms. The van der Waals surface area contributed by atoms with Crippen molar-refractivity contribution in [1.82, 2.24) is 0 Å². The summed E-state index contributed by atoms with van der Waals surface area (Å²) in [6.07, 6.45) is 4.77. The van der Waals surface area contributed by atoms with Gasteiger partial charge >= 0.3 is 11.9 Å².